The zero-order valence-corrected chi connectivity index (χ0v) is 11.2. The Hall–Kier alpha value is -2.04. The molecule has 0 radical (unpaired) electrons. The number of amides is 3. The van der Waals surface area contributed by atoms with Gasteiger partial charge in [-0.3, -0.25) is 4.79 Å². The van der Waals surface area contributed by atoms with Crippen molar-refractivity contribution in [2.75, 3.05) is 24.7 Å². The molecule has 0 aliphatic heterocycles. The second kappa shape index (κ2) is 6.05. The van der Waals surface area contributed by atoms with E-state index in [1.54, 1.807) is 33.2 Å². The molecule has 0 aliphatic carbocycles. The number of aryl methyl sites for hydroxylation is 1. The minimum atomic E-state index is -0.181. The van der Waals surface area contributed by atoms with E-state index >= 15 is 0 Å². The van der Waals surface area contributed by atoms with E-state index in [0.717, 1.165) is 11.3 Å². The van der Waals surface area contributed by atoms with E-state index in [2.05, 4.69) is 10.6 Å². The molecule has 0 heterocycles. The molecule has 5 nitrogen and oxygen atoms in total. The summed E-state index contributed by atoms with van der Waals surface area (Å²) in [6.45, 7) is 3.69. The van der Waals surface area contributed by atoms with Gasteiger partial charge in [-0.1, -0.05) is 6.92 Å². The molecule has 2 N–H and O–H groups in total. The SMILES string of the molecule is CCC(=O)Nc1ccc(NC(=O)N(C)C)cc1C. The molecule has 0 bridgehead atoms. The lowest BCUT2D eigenvalue weighted by atomic mass is 10.1. The molecule has 0 saturated heterocycles. The molecular weight excluding hydrogens is 230 g/mol. The lowest BCUT2D eigenvalue weighted by Crippen LogP contribution is -2.27. The van der Waals surface area contributed by atoms with E-state index < -0.39 is 0 Å². The zero-order valence-electron chi connectivity index (χ0n) is 11.2. The van der Waals surface area contributed by atoms with Gasteiger partial charge in [-0.15, -0.1) is 0 Å². The van der Waals surface area contributed by atoms with Crippen LogP contribution in [0.4, 0.5) is 16.2 Å². The van der Waals surface area contributed by atoms with Crippen molar-refractivity contribution in [1.82, 2.24) is 4.90 Å². The fraction of sp³-hybridized carbons (Fsp3) is 0.385. The van der Waals surface area contributed by atoms with Crippen molar-refractivity contribution in [3.8, 4) is 0 Å². The molecule has 5 heteroatoms. The number of carbonyl (C=O) groups is 2. The van der Waals surface area contributed by atoms with Crippen molar-refractivity contribution < 1.29 is 9.59 Å². The third-order valence-corrected chi connectivity index (χ3v) is 2.48. The average Bonchev–Trinajstić information content (AvgIpc) is 2.32. The molecule has 1 rings (SSSR count). The fourth-order valence-corrected chi connectivity index (χ4v) is 1.36. The smallest absolute Gasteiger partial charge is 0.321 e. The number of benzene rings is 1. The number of nitrogens with zero attached hydrogens (tertiary/aromatic N) is 1. The van der Waals surface area contributed by atoms with Gasteiger partial charge in [0.1, 0.15) is 0 Å². The van der Waals surface area contributed by atoms with Crippen LogP contribution in [-0.4, -0.2) is 30.9 Å². The molecule has 98 valence electrons. The zero-order chi connectivity index (χ0) is 13.7. The van der Waals surface area contributed by atoms with E-state index in [4.69, 9.17) is 0 Å². The van der Waals surface area contributed by atoms with Crippen LogP contribution in [-0.2, 0) is 4.79 Å². The van der Waals surface area contributed by atoms with Crippen LogP contribution in [0, 0.1) is 6.92 Å². The first-order valence-corrected chi connectivity index (χ1v) is 5.82. The number of rotatable bonds is 3. The molecule has 0 spiro atoms. The summed E-state index contributed by atoms with van der Waals surface area (Å²) in [6.07, 6.45) is 0.443. The maximum Gasteiger partial charge on any atom is 0.321 e. The highest BCUT2D eigenvalue weighted by molar-refractivity contribution is 5.93. The molecule has 0 saturated carbocycles. The first-order chi connectivity index (χ1) is 8.43. The number of hydrogen-bond acceptors (Lipinski definition) is 2. The van der Waals surface area contributed by atoms with Crippen molar-refractivity contribution in [2.45, 2.75) is 20.3 Å². The summed E-state index contributed by atoms with van der Waals surface area (Å²) in [4.78, 5) is 24.2. The third-order valence-electron chi connectivity index (χ3n) is 2.48. The maximum atomic E-state index is 11.5. The standard InChI is InChI=1S/C13H19N3O2/c1-5-12(17)15-11-7-6-10(8-9(11)2)14-13(18)16(3)4/h6-8H,5H2,1-4H3,(H,14,18)(H,15,17). The summed E-state index contributed by atoms with van der Waals surface area (Å²) in [5.74, 6) is -0.0248. The van der Waals surface area contributed by atoms with Gasteiger partial charge < -0.3 is 15.5 Å². The molecule has 3 amide bonds. The number of hydrogen-bond donors (Lipinski definition) is 2. The van der Waals surface area contributed by atoms with E-state index in [0.29, 0.717) is 12.1 Å². The molecule has 0 atom stereocenters. The summed E-state index contributed by atoms with van der Waals surface area (Å²) in [6, 6.07) is 5.19. The number of nitrogens with one attached hydrogen (secondary N) is 2. The summed E-state index contributed by atoms with van der Waals surface area (Å²) >= 11 is 0. The van der Waals surface area contributed by atoms with Gasteiger partial charge in [-0.2, -0.15) is 0 Å². The van der Waals surface area contributed by atoms with Crippen LogP contribution >= 0.6 is 0 Å². The second-order valence-electron chi connectivity index (χ2n) is 4.26. The van der Waals surface area contributed by atoms with Crippen LogP contribution < -0.4 is 10.6 Å². The van der Waals surface area contributed by atoms with Crippen LogP contribution in [0.2, 0.25) is 0 Å². The van der Waals surface area contributed by atoms with Crippen LogP contribution in [0.25, 0.3) is 0 Å². The van der Waals surface area contributed by atoms with E-state index in [1.807, 2.05) is 13.0 Å². The van der Waals surface area contributed by atoms with Gasteiger partial charge in [0, 0.05) is 31.9 Å². The minimum Gasteiger partial charge on any atom is -0.331 e. The monoisotopic (exact) mass is 249 g/mol. The highest BCUT2D eigenvalue weighted by Gasteiger charge is 2.06. The first-order valence-electron chi connectivity index (χ1n) is 5.82. The van der Waals surface area contributed by atoms with Gasteiger partial charge in [-0.05, 0) is 30.7 Å². The summed E-state index contributed by atoms with van der Waals surface area (Å²) in [5.41, 5.74) is 2.39. The van der Waals surface area contributed by atoms with E-state index in [-0.39, 0.29) is 11.9 Å². The topological polar surface area (TPSA) is 61.4 Å². The Kier molecular flexibility index (Phi) is 4.71. The highest BCUT2D eigenvalue weighted by atomic mass is 16.2. The predicted molar refractivity (Wildman–Crippen MR) is 72.8 cm³/mol. The highest BCUT2D eigenvalue weighted by Crippen LogP contribution is 2.20. The molecule has 0 fully saturated rings. The van der Waals surface area contributed by atoms with Gasteiger partial charge in [0.25, 0.3) is 0 Å². The maximum absolute atomic E-state index is 11.5. The van der Waals surface area contributed by atoms with Gasteiger partial charge >= 0.3 is 6.03 Å². The number of urea groups is 1. The quantitative estimate of drug-likeness (QED) is 0.864. The van der Waals surface area contributed by atoms with Gasteiger partial charge in [0.05, 0.1) is 0 Å². The normalized spacial score (nSPS) is 9.78. The van der Waals surface area contributed by atoms with Gasteiger partial charge in [0.15, 0.2) is 0 Å². The van der Waals surface area contributed by atoms with Crippen molar-refractivity contribution in [2.24, 2.45) is 0 Å². The molecule has 0 aromatic heterocycles. The number of carbonyl (C=O) groups excluding carboxylic acids is 2. The van der Waals surface area contributed by atoms with E-state index in [1.165, 1.54) is 4.90 Å². The lowest BCUT2D eigenvalue weighted by molar-refractivity contribution is -0.115. The lowest BCUT2D eigenvalue weighted by Gasteiger charge is -2.14. The average molecular weight is 249 g/mol. The Morgan fingerprint density at radius 2 is 1.89 bits per heavy atom. The van der Waals surface area contributed by atoms with E-state index in [9.17, 15) is 9.59 Å². The van der Waals surface area contributed by atoms with Crippen molar-refractivity contribution in [3.05, 3.63) is 23.8 Å². The van der Waals surface area contributed by atoms with Crippen molar-refractivity contribution in [1.29, 1.82) is 0 Å². The third kappa shape index (κ3) is 3.76. The Morgan fingerprint density at radius 3 is 2.39 bits per heavy atom. The molecule has 18 heavy (non-hydrogen) atoms. The Bertz CT molecular complexity index is 456. The molecule has 1 aromatic rings. The van der Waals surface area contributed by atoms with Gasteiger partial charge in [0.2, 0.25) is 5.91 Å². The van der Waals surface area contributed by atoms with Crippen molar-refractivity contribution >= 4 is 23.3 Å². The fourth-order valence-electron chi connectivity index (χ4n) is 1.36. The van der Waals surface area contributed by atoms with Crippen LogP contribution in [0.5, 0.6) is 0 Å². The predicted octanol–water partition coefficient (Wildman–Crippen LogP) is 2.44. The first kappa shape index (κ1) is 14.0. The van der Waals surface area contributed by atoms with Gasteiger partial charge in [-0.25, -0.2) is 4.79 Å². The summed E-state index contributed by atoms with van der Waals surface area (Å²) in [5, 5.41) is 5.55. The Morgan fingerprint density at radius 1 is 1.22 bits per heavy atom. The van der Waals surface area contributed by atoms with Crippen molar-refractivity contribution in [3.63, 3.8) is 0 Å². The second-order valence-corrected chi connectivity index (χ2v) is 4.26. The Balaban J connectivity index is 2.79. The largest absolute Gasteiger partial charge is 0.331 e. The molecule has 0 aliphatic rings. The van der Waals surface area contributed by atoms with Crippen LogP contribution in [0.3, 0.4) is 0 Å². The summed E-state index contributed by atoms with van der Waals surface area (Å²) in [7, 11) is 3.36. The van der Waals surface area contributed by atoms with Crippen LogP contribution in [0.1, 0.15) is 18.9 Å². The van der Waals surface area contributed by atoms with Crippen LogP contribution in [0.15, 0.2) is 18.2 Å². The Labute approximate surface area is 107 Å². The summed E-state index contributed by atoms with van der Waals surface area (Å²) < 4.78 is 0. The minimum absolute atomic E-state index is 0.0248. The number of anilines is 2. The molecule has 1 aromatic carbocycles. The molecule has 0 unspecified atom stereocenters. The molecular formula is C13H19N3O2.